The second-order valence-corrected chi connectivity index (χ2v) is 2.54. The summed E-state index contributed by atoms with van der Waals surface area (Å²) in [7, 11) is 0. The van der Waals surface area contributed by atoms with Gasteiger partial charge in [0.2, 0.25) is 0 Å². The molecule has 3 heteroatoms. The van der Waals surface area contributed by atoms with Crippen LogP contribution in [0.2, 0.25) is 0 Å². The topological polar surface area (TPSA) is 49.3 Å². The minimum Gasteiger partial charge on any atom is -0.480 e. The average Bonchev–Trinajstić information content (AvgIpc) is 2.14. The molecule has 0 bridgehead atoms. The summed E-state index contributed by atoms with van der Waals surface area (Å²) in [6.45, 7) is 2.00. The summed E-state index contributed by atoms with van der Waals surface area (Å²) in [6, 6.07) is 0.0890. The number of hydrogen-bond donors (Lipinski definition) is 2. The highest BCUT2D eigenvalue weighted by Gasteiger charge is 2.25. The van der Waals surface area contributed by atoms with Crippen molar-refractivity contribution >= 4 is 5.97 Å². The molecule has 1 aliphatic heterocycles. The number of hydrogen-bond acceptors (Lipinski definition) is 2. The standard InChI is InChI=1S/C6H11NO2/c1-4-2-3-5(7-4)6(8)9/h4-5,7H,2-3H2,1H3,(H,8,9)/t4-,5+/m1/s1. The normalized spacial score (nSPS) is 34.8. The fourth-order valence-electron chi connectivity index (χ4n) is 1.12. The van der Waals surface area contributed by atoms with Crippen molar-refractivity contribution in [3.05, 3.63) is 0 Å². The minimum absolute atomic E-state index is 0.292. The maximum atomic E-state index is 10.3. The van der Waals surface area contributed by atoms with Gasteiger partial charge in [0.25, 0.3) is 0 Å². The predicted molar refractivity (Wildman–Crippen MR) is 33.3 cm³/mol. The summed E-state index contributed by atoms with van der Waals surface area (Å²) in [4.78, 5) is 10.3. The third-order valence-corrected chi connectivity index (χ3v) is 1.67. The number of aliphatic carboxylic acids is 1. The fourth-order valence-corrected chi connectivity index (χ4v) is 1.12. The lowest BCUT2D eigenvalue weighted by Gasteiger charge is -2.03. The average molecular weight is 129 g/mol. The third-order valence-electron chi connectivity index (χ3n) is 1.67. The summed E-state index contributed by atoms with van der Waals surface area (Å²) in [5.74, 6) is -0.723. The Balaban J connectivity index is 2.39. The van der Waals surface area contributed by atoms with Crippen LogP contribution in [0.25, 0.3) is 0 Å². The Kier molecular flexibility index (Phi) is 1.71. The number of carboxylic acids is 1. The predicted octanol–water partition coefficient (Wildman–Crippen LogP) is 0.212. The Morgan fingerprint density at radius 2 is 2.33 bits per heavy atom. The van der Waals surface area contributed by atoms with Crippen molar-refractivity contribution in [1.29, 1.82) is 0 Å². The van der Waals surface area contributed by atoms with Crippen LogP contribution in [0.4, 0.5) is 0 Å². The van der Waals surface area contributed by atoms with Crippen LogP contribution in [0, 0.1) is 0 Å². The van der Waals surface area contributed by atoms with Gasteiger partial charge < -0.3 is 10.4 Å². The molecule has 1 fully saturated rings. The van der Waals surface area contributed by atoms with E-state index in [0.29, 0.717) is 6.04 Å². The van der Waals surface area contributed by atoms with Crippen LogP contribution in [0.1, 0.15) is 19.8 Å². The van der Waals surface area contributed by atoms with E-state index < -0.39 is 5.97 Å². The third kappa shape index (κ3) is 1.42. The molecule has 0 aliphatic carbocycles. The van der Waals surface area contributed by atoms with Crippen molar-refractivity contribution in [2.24, 2.45) is 0 Å². The van der Waals surface area contributed by atoms with Crippen LogP contribution in [-0.4, -0.2) is 23.2 Å². The first-order chi connectivity index (χ1) is 4.20. The number of nitrogens with one attached hydrogen (secondary N) is 1. The molecule has 1 heterocycles. The molecule has 0 aromatic rings. The van der Waals surface area contributed by atoms with Gasteiger partial charge in [-0.05, 0) is 19.8 Å². The Morgan fingerprint density at radius 1 is 1.67 bits per heavy atom. The molecule has 0 spiro atoms. The second-order valence-electron chi connectivity index (χ2n) is 2.54. The zero-order valence-corrected chi connectivity index (χ0v) is 5.42. The van der Waals surface area contributed by atoms with E-state index in [4.69, 9.17) is 5.11 Å². The van der Waals surface area contributed by atoms with Crippen molar-refractivity contribution in [2.75, 3.05) is 0 Å². The van der Waals surface area contributed by atoms with E-state index in [9.17, 15) is 4.79 Å². The fraction of sp³-hybridized carbons (Fsp3) is 0.833. The van der Waals surface area contributed by atoms with Gasteiger partial charge in [-0.2, -0.15) is 0 Å². The number of carboxylic acid groups (broad SMARTS) is 1. The molecule has 0 aromatic carbocycles. The van der Waals surface area contributed by atoms with Gasteiger partial charge in [-0.3, -0.25) is 4.79 Å². The van der Waals surface area contributed by atoms with Crippen molar-refractivity contribution in [3.8, 4) is 0 Å². The SMILES string of the molecule is C[C@@H]1CC[C@@H](C(=O)O)N1. The molecular formula is C6H11NO2. The first kappa shape index (κ1) is 6.55. The molecule has 1 saturated heterocycles. The lowest BCUT2D eigenvalue weighted by molar-refractivity contribution is -0.139. The molecule has 52 valence electrons. The maximum Gasteiger partial charge on any atom is 0.320 e. The van der Waals surface area contributed by atoms with Crippen LogP contribution < -0.4 is 5.32 Å². The molecular weight excluding hydrogens is 118 g/mol. The smallest absolute Gasteiger partial charge is 0.320 e. The van der Waals surface area contributed by atoms with Crippen LogP contribution in [-0.2, 0) is 4.79 Å². The summed E-state index contributed by atoms with van der Waals surface area (Å²) < 4.78 is 0. The first-order valence-corrected chi connectivity index (χ1v) is 3.19. The largest absolute Gasteiger partial charge is 0.480 e. The van der Waals surface area contributed by atoms with Crippen molar-refractivity contribution < 1.29 is 9.90 Å². The second kappa shape index (κ2) is 2.35. The van der Waals surface area contributed by atoms with Crippen molar-refractivity contribution in [1.82, 2.24) is 5.32 Å². The van der Waals surface area contributed by atoms with Crippen LogP contribution >= 0.6 is 0 Å². The van der Waals surface area contributed by atoms with E-state index in [1.807, 2.05) is 6.92 Å². The lowest BCUT2D eigenvalue weighted by atomic mass is 10.2. The van der Waals surface area contributed by atoms with E-state index in [1.165, 1.54) is 0 Å². The molecule has 0 saturated carbocycles. The van der Waals surface area contributed by atoms with Gasteiger partial charge in [-0.1, -0.05) is 0 Å². The van der Waals surface area contributed by atoms with Crippen LogP contribution in [0.5, 0.6) is 0 Å². The molecule has 0 radical (unpaired) electrons. The Hall–Kier alpha value is -0.570. The molecule has 1 aliphatic rings. The zero-order chi connectivity index (χ0) is 6.85. The molecule has 1 rings (SSSR count). The zero-order valence-electron chi connectivity index (χ0n) is 5.42. The van der Waals surface area contributed by atoms with E-state index >= 15 is 0 Å². The van der Waals surface area contributed by atoms with Gasteiger partial charge in [0.15, 0.2) is 0 Å². The van der Waals surface area contributed by atoms with Crippen molar-refractivity contribution in [2.45, 2.75) is 31.8 Å². The van der Waals surface area contributed by atoms with Gasteiger partial charge in [0.1, 0.15) is 6.04 Å². The molecule has 3 nitrogen and oxygen atoms in total. The number of rotatable bonds is 1. The van der Waals surface area contributed by atoms with Gasteiger partial charge in [-0.15, -0.1) is 0 Å². The number of carbonyl (C=O) groups is 1. The van der Waals surface area contributed by atoms with E-state index in [0.717, 1.165) is 12.8 Å². The molecule has 2 N–H and O–H groups in total. The Labute approximate surface area is 54.1 Å². The highest BCUT2D eigenvalue weighted by Crippen LogP contribution is 2.10. The van der Waals surface area contributed by atoms with E-state index in [2.05, 4.69) is 5.32 Å². The van der Waals surface area contributed by atoms with Gasteiger partial charge in [-0.25, -0.2) is 0 Å². The molecule has 2 atom stereocenters. The Morgan fingerprint density at radius 3 is 2.56 bits per heavy atom. The summed E-state index contributed by atoms with van der Waals surface area (Å²) >= 11 is 0. The summed E-state index contributed by atoms with van der Waals surface area (Å²) in [5.41, 5.74) is 0. The highest BCUT2D eigenvalue weighted by atomic mass is 16.4. The summed E-state index contributed by atoms with van der Waals surface area (Å²) in [5, 5.41) is 11.4. The molecule has 0 aromatic heterocycles. The highest BCUT2D eigenvalue weighted by molar-refractivity contribution is 5.73. The summed E-state index contributed by atoms with van der Waals surface area (Å²) in [6.07, 6.45) is 1.76. The van der Waals surface area contributed by atoms with Gasteiger partial charge in [0.05, 0.1) is 0 Å². The monoisotopic (exact) mass is 129 g/mol. The van der Waals surface area contributed by atoms with E-state index in [-0.39, 0.29) is 6.04 Å². The van der Waals surface area contributed by atoms with Gasteiger partial charge >= 0.3 is 5.97 Å². The first-order valence-electron chi connectivity index (χ1n) is 3.19. The molecule has 9 heavy (non-hydrogen) atoms. The maximum absolute atomic E-state index is 10.3. The molecule has 0 amide bonds. The quantitative estimate of drug-likeness (QED) is 0.532. The minimum atomic E-state index is -0.723. The van der Waals surface area contributed by atoms with Crippen LogP contribution in [0.15, 0.2) is 0 Å². The molecule has 0 unspecified atom stereocenters. The van der Waals surface area contributed by atoms with E-state index in [1.54, 1.807) is 0 Å². The Bertz CT molecular complexity index is 124. The van der Waals surface area contributed by atoms with Crippen molar-refractivity contribution in [3.63, 3.8) is 0 Å². The van der Waals surface area contributed by atoms with Crippen LogP contribution in [0.3, 0.4) is 0 Å². The lowest BCUT2D eigenvalue weighted by Crippen LogP contribution is -2.33. The van der Waals surface area contributed by atoms with Gasteiger partial charge in [0, 0.05) is 6.04 Å².